The number of benzene rings is 1. The third kappa shape index (κ3) is 3.57. The Morgan fingerprint density at radius 3 is 2.78 bits per heavy atom. The van der Waals surface area contributed by atoms with Crippen molar-refractivity contribution in [3.05, 3.63) is 47.6 Å². The molecule has 0 aliphatic heterocycles. The number of carbonyl (C=O) groups is 1. The van der Waals surface area contributed by atoms with E-state index >= 15 is 0 Å². The molecule has 7 heteroatoms. The minimum absolute atomic E-state index is 0.149. The van der Waals surface area contributed by atoms with Gasteiger partial charge in [-0.15, -0.1) is 11.3 Å². The van der Waals surface area contributed by atoms with Gasteiger partial charge < -0.3 is 10.1 Å². The predicted octanol–water partition coefficient (Wildman–Crippen LogP) is 2.96. The molecule has 0 aliphatic carbocycles. The van der Waals surface area contributed by atoms with Crippen LogP contribution in [0, 0.1) is 6.92 Å². The van der Waals surface area contributed by atoms with E-state index in [1.54, 1.807) is 30.3 Å². The van der Waals surface area contributed by atoms with Crippen LogP contribution in [-0.4, -0.2) is 27.8 Å². The molecule has 0 atom stereocenters. The molecule has 0 saturated heterocycles. The summed E-state index contributed by atoms with van der Waals surface area (Å²) in [6.45, 7) is 2.16. The number of amides is 1. The van der Waals surface area contributed by atoms with Crippen molar-refractivity contribution < 1.29 is 9.53 Å². The van der Waals surface area contributed by atoms with Crippen LogP contribution in [0.2, 0.25) is 0 Å². The standard InChI is InChI=1S/C16H16N4O2S/c1-11-15(12-4-6-13(22-2)7-5-12)19-16(23-11)18-14(21)10-20-9-3-8-17-20/h3-9H,10H2,1-2H3,(H,18,19,21). The second kappa shape index (κ2) is 6.62. The minimum Gasteiger partial charge on any atom is -0.497 e. The molecule has 2 aromatic heterocycles. The number of rotatable bonds is 5. The van der Waals surface area contributed by atoms with E-state index in [9.17, 15) is 4.79 Å². The van der Waals surface area contributed by atoms with E-state index in [4.69, 9.17) is 4.74 Å². The molecule has 0 radical (unpaired) electrons. The molecule has 3 aromatic rings. The minimum atomic E-state index is -0.149. The lowest BCUT2D eigenvalue weighted by Crippen LogP contribution is -2.18. The zero-order valence-corrected chi connectivity index (χ0v) is 13.6. The molecule has 0 bridgehead atoms. The number of anilines is 1. The Balaban J connectivity index is 1.73. The van der Waals surface area contributed by atoms with E-state index in [1.807, 2.05) is 31.2 Å². The van der Waals surface area contributed by atoms with Crippen molar-refractivity contribution in [2.24, 2.45) is 0 Å². The van der Waals surface area contributed by atoms with Gasteiger partial charge >= 0.3 is 0 Å². The van der Waals surface area contributed by atoms with Crippen LogP contribution in [0.3, 0.4) is 0 Å². The topological polar surface area (TPSA) is 69.0 Å². The zero-order valence-electron chi connectivity index (χ0n) is 12.8. The first kappa shape index (κ1) is 15.2. The van der Waals surface area contributed by atoms with Gasteiger partial charge in [0.2, 0.25) is 5.91 Å². The molecule has 3 rings (SSSR count). The lowest BCUT2D eigenvalue weighted by molar-refractivity contribution is -0.116. The number of thiazole rings is 1. The molecule has 0 saturated carbocycles. The highest BCUT2D eigenvalue weighted by molar-refractivity contribution is 7.16. The predicted molar refractivity (Wildman–Crippen MR) is 89.7 cm³/mol. The van der Waals surface area contributed by atoms with Gasteiger partial charge in [-0.1, -0.05) is 0 Å². The quantitative estimate of drug-likeness (QED) is 0.782. The van der Waals surface area contributed by atoms with Crippen molar-refractivity contribution in [3.63, 3.8) is 0 Å². The van der Waals surface area contributed by atoms with Gasteiger partial charge in [0.1, 0.15) is 12.3 Å². The summed E-state index contributed by atoms with van der Waals surface area (Å²) in [7, 11) is 1.64. The maximum atomic E-state index is 12.0. The molecule has 1 aromatic carbocycles. The Bertz CT molecular complexity index is 794. The molecule has 1 amide bonds. The van der Waals surface area contributed by atoms with Gasteiger partial charge in [0, 0.05) is 22.8 Å². The fraction of sp³-hybridized carbons (Fsp3) is 0.188. The SMILES string of the molecule is COc1ccc(-c2nc(NC(=O)Cn3cccn3)sc2C)cc1. The molecule has 0 aliphatic rings. The molecule has 0 unspecified atom stereocenters. The first-order valence-electron chi connectivity index (χ1n) is 7.05. The van der Waals surface area contributed by atoms with E-state index in [1.165, 1.54) is 11.3 Å². The van der Waals surface area contributed by atoms with Crippen LogP contribution in [0.1, 0.15) is 4.88 Å². The van der Waals surface area contributed by atoms with Crippen LogP contribution in [0.25, 0.3) is 11.3 Å². The molecule has 6 nitrogen and oxygen atoms in total. The van der Waals surface area contributed by atoms with Gasteiger partial charge in [-0.3, -0.25) is 9.48 Å². The van der Waals surface area contributed by atoms with Crippen molar-refractivity contribution in [2.75, 3.05) is 12.4 Å². The molecule has 0 fully saturated rings. The number of nitrogens with one attached hydrogen (secondary N) is 1. The Labute approximate surface area is 137 Å². The molecule has 23 heavy (non-hydrogen) atoms. The average molecular weight is 328 g/mol. The summed E-state index contributed by atoms with van der Waals surface area (Å²) in [5, 5.41) is 7.42. The normalized spacial score (nSPS) is 10.5. The van der Waals surface area contributed by atoms with Crippen LogP contribution in [0.4, 0.5) is 5.13 Å². The first-order valence-corrected chi connectivity index (χ1v) is 7.86. The number of aryl methyl sites for hydroxylation is 1. The lowest BCUT2D eigenvalue weighted by Gasteiger charge is -2.02. The fourth-order valence-electron chi connectivity index (χ4n) is 2.17. The summed E-state index contributed by atoms with van der Waals surface area (Å²) in [4.78, 5) is 17.6. The average Bonchev–Trinajstić information content (AvgIpc) is 3.17. The third-order valence-electron chi connectivity index (χ3n) is 3.27. The summed E-state index contributed by atoms with van der Waals surface area (Å²) >= 11 is 1.46. The van der Waals surface area contributed by atoms with Crippen molar-refractivity contribution in [3.8, 4) is 17.0 Å². The molecular weight excluding hydrogens is 312 g/mol. The Hall–Kier alpha value is -2.67. The van der Waals surface area contributed by atoms with Gasteiger partial charge in [-0.25, -0.2) is 4.98 Å². The summed E-state index contributed by atoms with van der Waals surface area (Å²) in [6, 6.07) is 9.48. The van der Waals surface area contributed by atoms with Crippen LogP contribution < -0.4 is 10.1 Å². The Morgan fingerprint density at radius 2 is 2.13 bits per heavy atom. The third-order valence-corrected chi connectivity index (χ3v) is 4.16. The second-order valence-corrected chi connectivity index (χ2v) is 6.11. The Kier molecular flexibility index (Phi) is 4.38. The zero-order chi connectivity index (χ0) is 16.2. The monoisotopic (exact) mass is 328 g/mol. The number of hydrogen-bond donors (Lipinski definition) is 1. The van der Waals surface area contributed by atoms with E-state index in [0.29, 0.717) is 5.13 Å². The number of nitrogens with zero attached hydrogens (tertiary/aromatic N) is 3. The molecule has 2 heterocycles. The number of aromatic nitrogens is 3. The number of carbonyl (C=O) groups excluding carboxylic acids is 1. The smallest absolute Gasteiger partial charge is 0.247 e. The lowest BCUT2D eigenvalue weighted by atomic mass is 10.1. The second-order valence-electron chi connectivity index (χ2n) is 4.90. The van der Waals surface area contributed by atoms with E-state index < -0.39 is 0 Å². The fourth-order valence-corrected chi connectivity index (χ4v) is 3.02. The summed E-state index contributed by atoms with van der Waals surface area (Å²) < 4.78 is 6.73. The molecular formula is C16H16N4O2S. The van der Waals surface area contributed by atoms with Gasteiger partial charge in [-0.05, 0) is 37.3 Å². The molecule has 118 valence electrons. The van der Waals surface area contributed by atoms with Crippen molar-refractivity contribution in [1.29, 1.82) is 0 Å². The summed E-state index contributed by atoms with van der Waals surface area (Å²) in [5.74, 6) is 0.651. The maximum Gasteiger partial charge on any atom is 0.247 e. The molecule has 0 spiro atoms. The van der Waals surface area contributed by atoms with Crippen molar-refractivity contribution in [1.82, 2.24) is 14.8 Å². The van der Waals surface area contributed by atoms with Gasteiger partial charge in [-0.2, -0.15) is 5.10 Å². The summed E-state index contributed by atoms with van der Waals surface area (Å²) in [6.07, 6.45) is 3.39. The van der Waals surface area contributed by atoms with Gasteiger partial charge in [0.25, 0.3) is 0 Å². The van der Waals surface area contributed by atoms with Crippen LogP contribution in [-0.2, 0) is 11.3 Å². The highest BCUT2D eigenvalue weighted by atomic mass is 32.1. The van der Waals surface area contributed by atoms with Crippen molar-refractivity contribution >= 4 is 22.4 Å². The number of methoxy groups -OCH3 is 1. The number of ether oxygens (including phenoxy) is 1. The van der Waals surface area contributed by atoms with Crippen LogP contribution in [0.15, 0.2) is 42.7 Å². The van der Waals surface area contributed by atoms with Gasteiger partial charge in [0.15, 0.2) is 5.13 Å². The van der Waals surface area contributed by atoms with E-state index in [2.05, 4.69) is 15.4 Å². The summed E-state index contributed by atoms with van der Waals surface area (Å²) in [5.41, 5.74) is 1.86. The van der Waals surface area contributed by atoms with Gasteiger partial charge in [0.05, 0.1) is 12.8 Å². The molecule has 1 N–H and O–H groups in total. The van der Waals surface area contributed by atoms with E-state index in [-0.39, 0.29) is 12.5 Å². The largest absolute Gasteiger partial charge is 0.497 e. The Morgan fingerprint density at radius 1 is 1.35 bits per heavy atom. The van der Waals surface area contributed by atoms with Crippen LogP contribution >= 0.6 is 11.3 Å². The number of hydrogen-bond acceptors (Lipinski definition) is 5. The van der Waals surface area contributed by atoms with E-state index in [0.717, 1.165) is 21.9 Å². The first-order chi connectivity index (χ1) is 11.2. The maximum absolute atomic E-state index is 12.0. The highest BCUT2D eigenvalue weighted by Gasteiger charge is 2.12. The highest BCUT2D eigenvalue weighted by Crippen LogP contribution is 2.31. The van der Waals surface area contributed by atoms with Crippen molar-refractivity contribution in [2.45, 2.75) is 13.5 Å². The van der Waals surface area contributed by atoms with Crippen LogP contribution in [0.5, 0.6) is 5.75 Å².